The van der Waals surface area contributed by atoms with Crippen LogP contribution in [0.25, 0.3) is 0 Å². The fraction of sp³-hybridized carbons (Fsp3) is 0.550. The van der Waals surface area contributed by atoms with Crippen molar-refractivity contribution in [2.75, 3.05) is 26.2 Å². The summed E-state index contributed by atoms with van der Waals surface area (Å²) in [6, 6.07) is 9.40. The maximum absolute atomic E-state index is 12.6. The van der Waals surface area contributed by atoms with Crippen molar-refractivity contribution in [1.82, 2.24) is 9.80 Å². The summed E-state index contributed by atoms with van der Waals surface area (Å²) in [5.41, 5.74) is 5.68. The normalized spacial score (nSPS) is 11.0. The molecule has 0 aromatic heterocycles. The minimum Gasteiger partial charge on any atom is -0.480 e. The Kier molecular flexibility index (Phi) is 9.44. The van der Waals surface area contributed by atoms with Crippen LogP contribution in [0.4, 0.5) is 4.79 Å². The quantitative estimate of drug-likeness (QED) is 0.629. The first-order chi connectivity index (χ1) is 13.1. The van der Waals surface area contributed by atoms with Crippen LogP contribution in [0.2, 0.25) is 0 Å². The van der Waals surface area contributed by atoms with Crippen LogP contribution >= 0.6 is 0 Å². The summed E-state index contributed by atoms with van der Waals surface area (Å²) in [7, 11) is 0. The van der Waals surface area contributed by atoms with Gasteiger partial charge in [-0.1, -0.05) is 30.3 Å². The van der Waals surface area contributed by atoms with Gasteiger partial charge in [0.2, 0.25) is 5.91 Å². The third-order valence-corrected chi connectivity index (χ3v) is 3.78. The van der Waals surface area contributed by atoms with Crippen LogP contribution in [0.15, 0.2) is 30.3 Å². The minimum absolute atomic E-state index is 0.0990. The zero-order valence-corrected chi connectivity index (χ0v) is 16.9. The second kappa shape index (κ2) is 11.3. The fourth-order valence-corrected chi connectivity index (χ4v) is 2.47. The van der Waals surface area contributed by atoms with Gasteiger partial charge < -0.3 is 25.4 Å². The highest BCUT2D eigenvalue weighted by molar-refractivity contribution is 5.81. The molecule has 28 heavy (non-hydrogen) atoms. The van der Waals surface area contributed by atoms with Crippen molar-refractivity contribution >= 4 is 18.0 Å². The van der Waals surface area contributed by atoms with E-state index in [-0.39, 0.29) is 25.4 Å². The molecule has 1 rings (SSSR count). The summed E-state index contributed by atoms with van der Waals surface area (Å²) >= 11 is 0. The van der Waals surface area contributed by atoms with Gasteiger partial charge in [0, 0.05) is 26.1 Å². The molecule has 0 fully saturated rings. The molecular formula is C20H31N3O5. The van der Waals surface area contributed by atoms with Gasteiger partial charge in [-0.05, 0) is 39.3 Å². The van der Waals surface area contributed by atoms with E-state index in [1.807, 2.05) is 30.3 Å². The van der Waals surface area contributed by atoms with Gasteiger partial charge >= 0.3 is 12.1 Å². The smallest absolute Gasteiger partial charge is 0.410 e. The van der Waals surface area contributed by atoms with Gasteiger partial charge in [-0.15, -0.1) is 0 Å². The number of benzene rings is 1. The number of rotatable bonds is 10. The van der Waals surface area contributed by atoms with E-state index in [1.54, 1.807) is 20.8 Å². The van der Waals surface area contributed by atoms with Gasteiger partial charge in [-0.2, -0.15) is 0 Å². The molecule has 3 N–H and O–H groups in total. The van der Waals surface area contributed by atoms with E-state index in [4.69, 9.17) is 15.6 Å². The van der Waals surface area contributed by atoms with Gasteiger partial charge in [0.05, 0.1) is 0 Å². The number of nitrogens with zero attached hydrogens (tertiary/aromatic N) is 2. The number of hydrogen-bond acceptors (Lipinski definition) is 5. The number of carbonyl (C=O) groups excluding carboxylic acids is 2. The number of amides is 2. The fourth-order valence-electron chi connectivity index (χ4n) is 2.47. The third kappa shape index (κ3) is 9.36. The molecule has 1 aromatic carbocycles. The van der Waals surface area contributed by atoms with Gasteiger partial charge in [-0.25, -0.2) is 4.79 Å². The number of carbonyl (C=O) groups is 3. The Bertz CT molecular complexity index is 643. The van der Waals surface area contributed by atoms with Crippen molar-refractivity contribution in [1.29, 1.82) is 0 Å². The Labute approximate surface area is 166 Å². The van der Waals surface area contributed by atoms with Crippen LogP contribution in [-0.2, 0) is 20.9 Å². The van der Waals surface area contributed by atoms with E-state index in [0.29, 0.717) is 19.5 Å². The molecule has 0 bridgehead atoms. The molecule has 1 aromatic rings. The molecule has 0 saturated heterocycles. The maximum atomic E-state index is 12.6. The van der Waals surface area contributed by atoms with Crippen molar-refractivity contribution in [3.05, 3.63) is 35.9 Å². The van der Waals surface area contributed by atoms with Gasteiger partial charge in [-0.3, -0.25) is 9.59 Å². The van der Waals surface area contributed by atoms with Crippen LogP contribution in [0, 0.1) is 0 Å². The molecule has 0 heterocycles. The summed E-state index contributed by atoms with van der Waals surface area (Å²) in [5, 5.41) is 9.10. The number of carboxylic acid groups (broad SMARTS) is 1. The molecule has 156 valence electrons. The van der Waals surface area contributed by atoms with Crippen molar-refractivity contribution in [3.8, 4) is 0 Å². The Morgan fingerprint density at radius 1 is 1.07 bits per heavy atom. The highest BCUT2D eigenvalue weighted by Crippen LogP contribution is 2.13. The predicted octanol–water partition coefficient (Wildman–Crippen LogP) is 2.08. The number of carboxylic acids is 1. The first-order valence-electron chi connectivity index (χ1n) is 9.34. The predicted molar refractivity (Wildman–Crippen MR) is 106 cm³/mol. The number of hydrogen-bond donors (Lipinski definition) is 2. The highest BCUT2D eigenvalue weighted by atomic mass is 16.6. The molecule has 2 amide bonds. The Morgan fingerprint density at radius 3 is 2.21 bits per heavy atom. The monoisotopic (exact) mass is 393 g/mol. The van der Waals surface area contributed by atoms with Crippen LogP contribution in [0.3, 0.4) is 0 Å². The van der Waals surface area contributed by atoms with Crippen molar-refractivity contribution in [2.24, 2.45) is 5.73 Å². The van der Waals surface area contributed by atoms with Crippen LogP contribution in [0.5, 0.6) is 0 Å². The maximum Gasteiger partial charge on any atom is 0.410 e. The van der Waals surface area contributed by atoms with Crippen molar-refractivity contribution in [3.63, 3.8) is 0 Å². The SMILES string of the molecule is CC(C)(C)OC(=O)N(CCN(CC(=O)O)C(=O)CCCN)Cc1ccccc1. The molecule has 0 unspecified atom stereocenters. The zero-order valence-electron chi connectivity index (χ0n) is 16.9. The Morgan fingerprint density at radius 2 is 1.68 bits per heavy atom. The lowest BCUT2D eigenvalue weighted by Crippen LogP contribution is -2.44. The molecule has 0 aliphatic rings. The highest BCUT2D eigenvalue weighted by Gasteiger charge is 2.24. The van der Waals surface area contributed by atoms with Crippen LogP contribution in [-0.4, -0.2) is 64.7 Å². The molecule has 0 aliphatic carbocycles. The molecule has 8 heteroatoms. The van der Waals surface area contributed by atoms with Gasteiger partial charge in [0.15, 0.2) is 0 Å². The standard InChI is InChI=1S/C20H31N3O5/c1-20(2,3)28-19(27)23(14-16-8-5-4-6-9-16)13-12-22(15-18(25)26)17(24)10-7-11-21/h4-6,8-9H,7,10-15,21H2,1-3H3,(H,25,26). The molecule has 0 spiro atoms. The minimum atomic E-state index is -1.10. The summed E-state index contributed by atoms with van der Waals surface area (Å²) in [4.78, 5) is 38.7. The second-order valence-corrected chi connectivity index (χ2v) is 7.49. The first kappa shape index (κ1) is 23.4. The van der Waals surface area contributed by atoms with Crippen LogP contribution < -0.4 is 5.73 Å². The largest absolute Gasteiger partial charge is 0.480 e. The molecule has 0 saturated carbocycles. The molecular weight excluding hydrogens is 362 g/mol. The second-order valence-electron chi connectivity index (χ2n) is 7.49. The third-order valence-electron chi connectivity index (χ3n) is 3.78. The molecule has 8 nitrogen and oxygen atoms in total. The van der Waals surface area contributed by atoms with Crippen LogP contribution in [0.1, 0.15) is 39.2 Å². The summed E-state index contributed by atoms with van der Waals surface area (Å²) < 4.78 is 5.46. The average molecular weight is 393 g/mol. The topological polar surface area (TPSA) is 113 Å². The molecule has 0 aliphatic heterocycles. The lowest BCUT2D eigenvalue weighted by Gasteiger charge is -2.29. The van der Waals surface area contributed by atoms with Gasteiger partial charge in [0.25, 0.3) is 0 Å². The van der Waals surface area contributed by atoms with E-state index in [9.17, 15) is 14.4 Å². The average Bonchev–Trinajstić information content (AvgIpc) is 2.60. The van der Waals surface area contributed by atoms with E-state index < -0.39 is 24.2 Å². The van der Waals surface area contributed by atoms with E-state index in [1.165, 1.54) is 9.80 Å². The molecule has 0 atom stereocenters. The Balaban J connectivity index is 2.87. The van der Waals surface area contributed by atoms with Gasteiger partial charge in [0.1, 0.15) is 12.1 Å². The van der Waals surface area contributed by atoms with Crippen molar-refractivity contribution < 1.29 is 24.2 Å². The van der Waals surface area contributed by atoms with E-state index in [0.717, 1.165) is 5.56 Å². The zero-order chi connectivity index (χ0) is 21.2. The summed E-state index contributed by atoms with van der Waals surface area (Å²) in [5.74, 6) is -1.40. The van der Waals surface area contributed by atoms with Crippen molar-refractivity contribution in [2.45, 2.75) is 45.8 Å². The summed E-state index contributed by atoms with van der Waals surface area (Å²) in [6.07, 6.45) is 0.143. The van der Waals surface area contributed by atoms with E-state index >= 15 is 0 Å². The number of aliphatic carboxylic acids is 1. The Hall–Kier alpha value is -2.61. The van der Waals surface area contributed by atoms with E-state index in [2.05, 4.69) is 0 Å². The molecule has 0 radical (unpaired) electrons. The lowest BCUT2D eigenvalue weighted by molar-refractivity contribution is -0.144. The first-order valence-corrected chi connectivity index (χ1v) is 9.34. The number of ether oxygens (including phenoxy) is 1. The lowest BCUT2D eigenvalue weighted by atomic mass is 10.2. The number of nitrogens with two attached hydrogens (primary N) is 1. The summed E-state index contributed by atoms with van der Waals surface area (Å²) in [6.45, 7) is 5.82.